The van der Waals surface area contributed by atoms with Crippen LogP contribution in [0.5, 0.6) is 0 Å². The highest BCUT2D eigenvalue weighted by Crippen LogP contribution is 2.40. The van der Waals surface area contributed by atoms with Gasteiger partial charge in [-0.2, -0.15) is 0 Å². The molecule has 1 aromatic heterocycles. The predicted molar refractivity (Wildman–Crippen MR) is 82.7 cm³/mol. The summed E-state index contributed by atoms with van der Waals surface area (Å²) in [6.07, 6.45) is 2.09. The second kappa shape index (κ2) is 4.88. The van der Waals surface area contributed by atoms with E-state index in [1.54, 1.807) is 11.9 Å². The van der Waals surface area contributed by atoms with Gasteiger partial charge >= 0.3 is 0 Å². The first-order valence-corrected chi connectivity index (χ1v) is 7.46. The largest absolute Gasteiger partial charge is 0.459 e. The number of furan rings is 1. The smallest absolute Gasteiger partial charge is 0.243 e. The van der Waals surface area contributed by atoms with Crippen molar-refractivity contribution in [1.29, 1.82) is 0 Å². The number of carbonyl (C=O) groups is 1. The van der Waals surface area contributed by atoms with Crippen LogP contribution in [0.1, 0.15) is 38.5 Å². The highest BCUT2D eigenvalue weighted by molar-refractivity contribution is 5.87. The zero-order valence-corrected chi connectivity index (χ0v) is 12.8. The van der Waals surface area contributed by atoms with Gasteiger partial charge in [0.1, 0.15) is 11.3 Å². The molecule has 3 rings (SSSR count). The van der Waals surface area contributed by atoms with E-state index >= 15 is 0 Å². The fourth-order valence-corrected chi connectivity index (χ4v) is 2.81. The lowest BCUT2D eigenvalue weighted by atomic mass is 9.95. The fraction of sp³-hybridized carbons (Fsp3) is 0.471. The number of fused-ring (bicyclic) bond motifs is 1. The van der Waals surface area contributed by atoms with Crippen molar-refractivity contribution in [3.8, 4) is 0 Å². The van der Waals surface area contributed by atoms with Crippen molar-refractivity contribution in [2.24, 2.45) is 11.7 Å². The highest BCUT2D eigenvalue weighted by Gasteiger charge is 2.46. The molecule has 0 bridgehead atoms. The molecule has 0 saturated heterocycles. The fourth-order valence-electron chi connectivity index (χ4n) is 2.81. The molecule has 1 aliphatic carbocycles. The van der Waals surface area contributed by atoms with E-state index in [0.29, 0.717) is 5.92 Å². The number of hydrogen-bond donors (Lipinski definition) is 1. The predicted octanol–water partition coefficient (Wildman–Crippen LogP) is 3.08. The third kappa shape index (κ3) is 2.44. The highest BCUT2D eigenvalue weighted by atomic mass is 16.3. The molecule has 2 unspecified atom stereocenters. The van der Waals surface area contributed by atoms with Gasteiger partial charge in [-0.3, -0.25) is 4.79 Å². The Labute approximate surface area is 124 Å². The summed E-state index contributed by atoms with van der Waals surface area (Å²) in [6.45, 7) is 3.81. The molecule has 0 spiro atoms. The Bertz CT molecular complexity index is 637. The van der Waals surface area contributed by atoms with Crippen molar-refractivity contribution in [2.45, 2.75) is 38.3 Å². The van der Waals surface area contributed by atoms with Gasteiger partial charge in [-0.15, -0.1) is 0 Å². The number of carbonyl (C=O) groups excluding carboxylic acids is 1. The second-order valence-electron chi connectivity index (χ2n) is 6.34. The summed E-state index contributed by atoms with van der Waals surface area (Å²) in [4.78, 5) is 14.3. The van der Waals surface area contributed by atoms with Gasteiger partial charge in [0.25, 0.3) is 0 Å². The Morgan fingerprint density at radius 2 is 2.10 bits per heavy atom. The number of para-hydroxylation sites is 1. The van der Waals surface area contributed by atoms with E-state index in [1.165, 1.54) is 0 Å². The van der Waals surface area contributed by atoms with E-state index in [9.17, 15) is 4.79 Å². The summed E-state index contributed by atoms with van der Waals surface area (Å²) in [5, 5.41) is 1.05. The van der Waals surface area contributed by atoms with Crippen molar-refractivity contribution < 1.29 is 9.21 Å². The van der Waals surface area contributed by atoms with Crippen LogP contribution in [0.2, 0.25) is 0 Å². The number of nitrogens with two attached hydrogens (primary N) is 1. The minimum Gasteiger partial charge on any atom is -0.459 e. The zero-order valence-electron chi connectivity index (χ0n) is 12.8. The molecule has 1 saturated carbocycles. The van der Waals surface area contributed by atoms with Crippen molar-refractivity contribution in [3.05, 3.63) is 36.1 Å². The average molecular weight is 286 g/mol. The minimum atomic E-state index is -0.769. The molecule has 21 heavy (non-hydrogen) atoms. The van der Waals surface area contributed by atoms with Crippen LogP contribution >= 0.6 is 0 Å². The third-order valence-electron chi connectivity index (χ3n) is 4.64. The molecule has 1 amide bonds. The van der Waals surface area contributed by atoms with Gasteiger partial charge in [0.2, 0.25) is 5.91 Å². The first-order chi connectivity index (χ1) is 9.91. The van der Waals surface area contributed by atoms with Crippen LogP contribution in [0.25, 0.3) is 11.0 Å². The molecular weight excluding hydrogens is 264 g/mol. The maximum Gasteiger partial charge on any atom is 0.243 e. The lowest BCUT2D eigenvalue weighted by Gasteiger charge is -2.32. The Kier molecular flexibility index (Phi) is 3.29. The first kappa shape index (κ1) is 14.1. The number of hydrogen-bond acceptors (Lipinski definition) is 3. The van der Waals surface area contributed by atoms with Gasteiger partial charge in [-0.1, -0.05) is 18.2 Å². The number of benzene rings is 1. The van der Waals surface area contributed by atoms with E-state index in [4.69, 9.17) is 10.2 Å². The first-order valence-electron chi connectivity index (χ1n) is 7.46. The SMILES string of the molecule is CC(c1cc2ccccc2o1)N(C)C(=O)C(C)(N)C1CC1. The van der Waals surface area contributed by atoms with Crippen molar-refractivity contribution >= 4 is 16.9 Å². The van der Waals surface area contributed by atoms with Crippen LogP contribution in [0.4, 0.5) is 0 Å². The average Bonchev–Trinajstić information content (AvgIpc) is 3.24. The third-order valence-corrected chi connectivity index (χ3v) is 4.64. The molecule has 2 atom stereocenters. The van der Waals surface area contributed by atoms with Gasteiger partial charge in [0, 0.05) is 12.4 Å². The zero-order chi connectivity index (χ0) is 15.2. The molecule has 0 aliphatic heterocycles. The van der Waals surface area contributed by atoms with Crippen LogP contribution in [0.15, 0.2) is 34.7 Å². The Morgan fingerprint density at radius 3 is 2.71 bits per heavy atom. The van der Waals surface area contributed by atoms with Crippen LogP contribution in [-0.2, 0) is 4.79 Å². The van der Waals surface area contributed by atoms with Crippen LogP contribution in [0.3, 0.4) is 0 Å². The van der Waals surface area contributed by atoms with E-state index in [2.05, 4.69) is 0 Å². The Hall–Kier alpha value is -1.81. The monoisotopic (exact) mass is 286 g/mol. The van der Waals surface area contributed by atoms with Crippen molar-refractivity contribution in [2.75, 3.05) is 7.05 Å². The number of likely N-dealkylation sites (N-methyl/N-ethyl adjacent to an activating group) is 1. The molecule has 1 aliphatic rings. The molecule has 4 nitrogen and oxygen atoms in total. The minimum absolute atomic E-state index is 0.0158. The van der Waals surface area contributed by atoms with Crippen LogP contribution in [0, 0.1) is 5.92 Å². The summed E-state index contributed by atoms with van der Waals surface area (Å²) in [5.74, 6) is 1.09. The maximum absolute atomic E-state index is 12.6. The topological polar surface area (TPSA) is 59.5 Å². The van der Waals surface area contributed by atoms with Gasteiger partial charge in [-0.25, -0.2) is 0 Å². The van der Waals surface area contributed by atoms with Gasteiger partial charge in [0.15, 0.2) is 0 Å². The number of amides is 1. The molecule has 1 aromatic carbocycles. The molecule has 1 heterocycles. The molecule has 4 heteroatoms. The Balaban J connectivity index is 1.83. The molecule has 112 valence electrons. The van der Waals surface area contributed by atoms with Gasteiger partial charge in [-0.05, 0) is 44.7 Å². The Morgan fingerprint density at radius 1 is 1.43 bits per heavy atom. The van der Waals surface area contributed by atoms with E-state index < -0.39 is 5.54 Å². The van der Waals surface area contributed by atoms with E-state index in [-0.39, 0.29) is 11.9 Å². The summed E-state index contributed by atoms with van der Waals surface area (Å²) < 4.78 is 5.86. The van der Waals surface area contributed by atoms with Crippen molar-refractivity contribution in [3.63, 3.8) is 0 Å². The second-order valence-corrected chi connectivity index (χ2v) is 6.34. The van der Waals surface area contributed by atoms with E-state index in [1.807, 2.05) is 44.2 Å². The van der Waals surface area contributed by atoms with Gasteiger partial charge in [0.05, 0.1) is 11.6 Å². The lowest BCUT2D eigenvalue weighted by Crippen LogP contribution is -2.54. The van der Waals surface area contributed by atoms with Gasteiger partial charge < -0.3 is 15.1 Å². The lowest BCUT2D eigenvalue weighted by molar-refractivity contribution is -0.138. The molecule has 2 aromatic rings. The van der Waals surface area contributed by atoms with Crippen molar-refractivity contribution in [1.82, 2.24) is 4.90 Å². The molecule has 1 fully saturated rings. The summed E-state index contributed by atoms with van der Waals surface area (Å²) >= 11 is 0. The van der Waals surface area contributed by atoms with Crippen LogP contribution < -0.4 is 5.73 Å². The molecule has 2 N–H and O–H groups in total. The normalized spacial score (nSPS) is 19.2. The molecule has 0 radical (unpaired) electrons. The van der Waals surface area contributed by atoms with E-state index in [0.717, 1.165) is 29.6 Å². The number of rotatable bonds is 4. The maximum atomic E-state index is 12.6. The quantitative estimate of drug-likeness (QED) is 0.939. The summed E-state index contributed by atoms with van der Waals surface area (Å²) in [6, 6.07) is 9.73. The number of nitrogens with zero attached hydrogens (tertiary/aromatic N) is 1. The van der Waals surface area contributed by atoms with Crippen LogP contribution in [-0.4, -0.2) is 23.4 Å². The molecular formula is C17H22N2O2. The summed E-state index contributed by atoms with van der Waals surface area (Å²) in [7, 11) is 1.80. The summed E-state index contributed by atoms with van der Waals surface area (Å²) in [5.41, 5.74) is 6.31. The standard InChI is InChI=1S/C17H22N2O2/c1-11(15-10-12-6-4-5-7-14(12)21-15)19(3)16(20)17(2,18)13-8-9-13/h4-7,10-11,13H,8-9,18H2,1-3H3.